The van der Waals surface area contributed by atoms with Gasteiger partial charge in [-0.25, -0.2) is 4.79 Å². The number of esters is 1. The van der Waals surface area contributed by atoms with E-state index >= 15 is 0 Å². The molecule has 0 aliphatic carbocycles. The van der Waals surface area contributed by atoms with Crippen LogP contribution >= 0.6 is 0 Å². The highest BCUT2D eigenvalue weighted by Crippen LogP contribution is 2.32. The Morgan fingerprint density at radius 3 is 1.97 bits per heavy atom. The summed E-state index contributed by atoms with van der Waals surface area (Å²) in [4.78, 5) is 12.5. The Kier molecular flexibility index (Phi) is 11.9. The first-order valence-electron chi connectivity index (χ1n) is 12.0. The second-order valence-corrected chi connectivity index (χ2v) is 7.88. The first-order valence-corrected chi connectivity index (χ1v) is 12.0. The summed E-state index contributed by atoms with van der Waals surface area (Å²) in [6.07, 6.45) is -4.47. The number of para-hydroxylation sites is 2. The van der Waals surface area contributed by atoms with E-state index in [0.717, 1.165) is 17.9 Å². The summed E-state index contributed by atoms with van der Waals surface area (Å²) in [6.45, 7) is 2.64. The number of carbonyl (C=O) groups excluding carboxylic acids is 1. The standard InChI is InChI=1S/C28H30F3NO6/c29-28(30,31)22-7-6-8-23(21-22)32-26-12-5-4-11-25(26)27(33)38-20-18-36-16-14-34-13-15-35-17-19-37-24-9-2-1-3-10-24/h1-12,21,32H,13-20H2. The molecular weight excluding hydrogens is 503 g/mol. The Bertz CT molecular complexity index is 1110. The van der Waals surface area contributed by atoms with E-state index in [1.165, 1.54) is 18.2 Å². The Balaban J connectivity index is 1.26. The van der Waals surface area contributed by atoms with Crippen LogP contribution in [0.15, 0.2) is 78.9 Å². The quantitative estimate of drug-likeness (QED) is 0.186. The molecule has 38 heavy (non-hydrogen) atoms. The van der Waals surface area contributed by atoms with Gasteiger partial charge in [0, 0.05) is 5.69 Å². The minimum atomic E-state index is -4.47. The van der Waals surface area contributed by atoms with Crippen molar-refractivity contribution >= 4 is 17.3 Å². The molecule has 0 aliphatic rings. The van der Waals surface area contributed by atoms with E-state index in [2.05, 4.69) is 5.32 Å². The van der Waals surface area contributed by atoms with Crippen LogP contribution in [-0.2, 0) is 25.1 Å². The third-order valence-electron chi connectivity index (χ3n) is 5.06. The molecule has 0 radical (unpaired) electrons. The van der Waals surface area contributed by atoms with Gasteiger partial charge in [-0.05, 0) is 42.5 Å². The van der Waals surface area contributed by atoms with Crippen molar-refractivity contribution in [2.24, 2.45) is 0 Å². The highest BCUT2D eigenvalue weighted by atomic mass is 19.4. The molecule has 0 heterocycles. The average molecular weight is 534 g/mol. The van der Waals surface area contributed by atoms with E-state index in [0.29, 0.717) is 45.3 Å². The third-order valence-corrected chi connectivity index (χ3v) is 5.06. The molecule has 7 nitrogen and oxygen atoms in total. The lowest BCUT2D eigenvalue weighted by Gasteiger charge is -2.13. The average Bonchev–Trinajstić information content (AvgIpc) is 2.92. The van der Waals surface area contributed by atoms with Gasteiger partial charge in [0.1, 0.15) is 19.0 Å². The van der Waals surface area contributed by atoms with Crippen molar-refractivity contribution in [1.29, 1.82) is 0 Å². The minimum Gasteiger partial charge on any atom is -0.491 e. The molecule has 3 aromatic rings. The van der Waals surface area contributed by atoms with Gasteiger partial charge in [0.2, 0.25) is 0 Å². The van der Waals surface area contributed by atoms with Gasteiger partial charge >= 0.3 is 12.1 Å². The SMILES string of the molecule is O=C(OCCOCCOCCOCCOc1ccccc1)c1ccccc1Nc1cccc(C(F)(F)F)c1. The number of anilines is 2. The van der Waals surface area contributed by atoms with Crippen LogP contribution in [0, 0.1) is 0 Å². The number of hydrogen-bond acceptors (Lipinski definition) is 7. The Hall–Kier alpha value is -3.60. The van der Waals surface area contributed by atoms with Gasteiger partial charge in [0.25, 0.3) is 0 Å². The van der Waals surface area contributed by atoms with E-state index in [9.17, 15) is 18.0 Å². The lowest BCUT2D eigenvalue weighted by molar-refractivity contribution is -0.137. The van der Waals surface area contributed by atoms with Crippen molar-refractivity contribution in [3.63, 3.8) is 0 Å². The van der Waals surface area contributed by atoms with Gasteiger partial charge in [0.05, 0.1) is 56.5 Å². The number of benzene rings is 3. The number of nitrogens with one attached hydrogen (secondary N) is 1. The molecule has 0 amide bonds. The van der Waals surface area contributed by atoms with Crippen LogP contribution in [0.3, 0.4) is 0 Å². The summed E-state index contributed by atoms with van der Waals surface area (Å²) >= 11 is 0. The maximum Gasteiger partial charge on any atom is 0.416 e. The molecule has 1 N–H and O–H groups in total. The molecule has 204 valence electrons. The van der Waals surface area contributed by atoms with Gasteiger partial charge in [-0.15, -0.1) is 0 Å². The molecule has 0 bridgehead atoms. The van der Waals surface area contributed by atoms with Gasteiger partial charge in [-0.3, -0.25) is 0 Å². The maximum atomic E-state index is 13.0. The summed E-state index contributed by atoms with van der Waals surface area (Å²) in [5.41, 5.74) is -0.0543. The fourth-order valence-corrected chi connectivity index (χ4v) is 3.25. The second-order valence-electron chi connectivity index (χ2n) is 7.88. The number of alkyl halides is 3. The number of carbonyl (C=O) groups is 1. The predicted octanol–water partition coefficient (Wildman–Crippen LogP) is 5.73. The first kappa shape index (κ1) is 29.0. The van der Waals surface area contributed by atoms with Crippen LogP contribution in [0.5, 0.6) is 5.75 Å². The normalized spacial score (nSPS) is 11.2. The summed E-state index contributed by atoms with van der Waals surface area (Å²) in [7, 11) is 0. The van der Waals surface area contributed by atoms with Crippen LogP contribution in [0.2, 0.25) is 0 Å². The summed E-state index contributed by atoms with van der Waals surface area (Å²) in [5.74, 6) is 0.180. The Morgan fingerprint density at radius 2 is 1.29 bits per heavy atom. The Labute approximate surface area is 219 Å². The third kappa shape index (κ3) is 10.4. The smallest absolute Gasteiger partial charge is 0.416 e. The molecule has 0 saturated heterocycles. The zero-order valence-electron chi connectivity index (χ0n) is 20.7. The first-order chi connectivity index (χ1) is 18.4. The lowest BCUT2D eigenvalue weighted by atomic mass is 10.1. The molecule has 0 atom stereocenters. The van der Waals surface area contributed by atoms with Crippen LogP contribution in [0.1, 0.15) is 15.9 Å². The van der Waals surface area contributed by atoms with Crippen LogP contribution in [-0.4, -0.2) is 58.8 Å². The molecule has 0 spiro atoms. The van der Waals surface area contributed by atoms with E-state index in [1.807, 2.05) is 30.3 Å². The monoisotopic (exact) mass is 533 g/mol. The van der Waals surface area contributed by atoms with Gasteiger partial charge in [-0.2, -0.15) is 13.2 Å². The van der Waals surface area contributed by atoms with E-state index in [1.54, 1.807) is 18.2 Å². The molecule has 3 rings (SSSR count). The van der Waals surface area contributed by atoms with E-state index in [4.69, 9.17) is 23.7 Å². The van der Waals surface area contributed by atoms with E-state index in [-0.39, 0.29) is 24.5 Å². The highest BCUT2D eigenvalue weighted by molar-refractivity contribution is 5.96. The topological polar surface area (TPSA) is 75.3 Å². The number of ether oxygens (including phenoxy) is 5. The van der Waals surface area contributed by atoms with Crippen LogP contribution in [0.25, 0.3) is 0 Å². The number of halogens is 3. The van der Waals surface area contributed by atoms with Crippen molar-refractivity contribution < 1.29 is 41.7 Å². The summed E-state index contributed by atoms with van der Waals surface area (Å²) < 4.78 is 66.0. The predicted molar refractivity (Wildman–Crippen MR) is 136 cm³/mol. The van der Waals surface area contributed by atoms with E-state index < -0.39 is 17.7 Å². The number of rotatable bonds is 16. The molecular formula is C28H30F3NO6. The van der Waals surface area contributed by atoms with Crippen molar-refractivity contribution in [2.45, 2.75) is 6.18 Å². The molecule has 3 aromatic carbocycles. The molecule has 10 heteroatoms. The molecule has 0 fully saturated rings. The fraction of sp³-hybridized carbons (Fsp3) is 0.321. The van der Waals surface area contributed by atoms with Crippen LogP contribution < -0.4 is 10.1 Å². The van der Waals surface area contributed by atoms with Crippen molar-refractivity contribution in [3.05, 3.63) is 90.0 Å². The van der Waals surface area contributed by atoms with Gasteiger partial charge in [0.15, 0.2) is 0 Å². The second kappa shape index (κ2) is 15.6. The molecule has 0 aliphatic heterocycles. The molecule has 0 unspecified atom stereocenters. The fourth-order valence-electron chi connectivity index (χ4n) is 3.25. The van der Waals surface area contributed by atoms with Crippen LogP contribution in [0.4, 0.5) is 24.5 Å². The highest BCUT2D eigenvalue weighted by Gasteiger charge is 2.30. The van der Waals surface area contributed by atoms with Crippen molar-refractivity contribution in [3.8, 4) is 5.75 Å². The Morgan fingerprint density at radius 1 is 0.684 bits per heavy atom. The zero-order valence-corrected chi connectivity index (χ0v) is 20.7. The maximum absolute atomic E-state index is 13.0. The number of hydrogen-bond donors (Lipinski definition) is 1. The summed E-state index contributed by atoms with van der Waals surface area (Å²) in [5, 5.41) is 2.85. The molecule has 0 saturated carbocycles. The zero-order chi connectivity index (χ0) is 27.1. The van der Waals surface area contributed by atoms with Crippen molar-refractivity contribution in [1.82, 2.24) is 0 Å². The molecule has 0 aromatic heterocycles. The summed E-state index contributed by atoms with van der Waals surface area (Å²) in [6, 6.07) is 20.7. The van der Waals surface area contributed by atoms with Gasteiger partial charge < -0.3 is 29.0 Å². The largest absolute Gasteiger partial charge is 0.491 e. The van der Waals surface area contributed by atoms with Crippen molar-refractivity contribution in [2.75, 3.05) is 58.2 Å². The van der Waals surface area contributed by atoms with Gasteiger partial charge in [-0.1, -0.05) is 36.4 Å². The lowest BCUT2D eigenvalue weighted by Crippen LogP contribution is -2.15. The minimum absolute atomic E-state index is 0.0151.